The molecule has 1 aliphatic rings. The van der Waals surface area contributed by atoms with Crippen molar-refractivity contribution in [3.8, 4) is 0 Å². The third-order valence-electron chi connectivity index (χ3n) is 3.36. The molecule has 1 N–H and O–H groups in total. The summed E-state index contributed by atoms with van der Waals surface area (Å²) >= 11 is 0. The first-order valence-corrected chi connectivity index (χ1v) is 6.43. The van der Waals surface area contributed by atoms with Gasteiger partial charge in [0.05, 0.1) is 11.4 Å². The topological polar surface area (TPSA) is 15.3 Å². The van der Waals surface area contributed by atoms with Gasteiger partial charge in [0, 0.05) is 18.8 Å². The first kappa shape index (κ1) is 11.1. The van der Waals surface area contributed by atoms with Crippen molar-refractivity contribution in [1.29, 1.82) is 0 Å². The summed E-state index contributed by atoms with van der Waals surface area (Å²) < 4.78 is 0. The molecule has 0 amide bonds. The van der Waals surface area contributed by atoms with Gasteiger partial charge in [-0.15, -0.1) is 0 Å². The lowest BCUT2D eigenvalue weighted by molar-refractivity contribution is 0.925. The third-order valence-corrected chi connectivity index (χ3v) is 3.36. The quantitative estimate of drug-likeness (QED) is 0.811. The van der Waals surface area contributed by atoms with Crippen molar-refractivity contribution in [3.05, 3.63) is 53.6 Å². The largest absolute Gasteiger partial charge is 0.382 e. The van der Waals surface area contributed by atoms with Crippen LogP contribution in [0.2, 0.25) is 0 Å². The molecule has 18 heavy (non-hydrogen) atoms. The molecule has 92 valence electrons. The van der Waals surface area contributed by atoms with Crippen molar-refractivity contribution in [2.24, 2.45) is 0 Å². The standard InChI is InChI=1S/C16H18N2/c1-12-9-13(2)11-14(10-12)18-8-7-17-15-5-3-4-6-16(15)18/h3-6,9-11,17H,7-8H2,1-2H3. The Morgan fingerprint density at radius 3 is 2.50 bits per heavy atom. The molecule has 0 saturated heterocycles. The van der Waals surface area contributed by atoms with E-state index < -0.39 is 0 Å². The number of para-hydroxylation sites is 2. The zero-order valence-electron chi connectivity index (χ0n) is 10.9. The Balaban J connectivity index is 2.08. The number of hydrogen-bond acceptors (Lipinski definition) is 2. The average Bonchev–Trinajstić information content (AvgIpc) is 2.37. The van der Waals surface area contributed by atoms with E-state index in [4.69, 9.17) is 0 Å². The summed E-state index contributed by atoms with van der Waals surface area (Å²) in [6.45, 7) is 6.32. The zero-order valence-corrected chi connectivity index (χ0v) is 10.9. The molecule has 0 bridgehead atoms. The minimum atomic E-state index is 0.990. The SMILES string of the molecule is Cc1cc(C)cc(N2CCNc3ccccc32)c1. The predicted molar refractivity (Wildman–Crippen MR) is 77.9 cm³/mol. The number of hydrogen-bond donors (Lipinski definition) is 1. The highest BCUT2D eigenvalue weighted by atomic mass is 15.2. The molecule has 0 saturated carbocycles. The van der Waals surface area contributed by atoms with Crippen LogP contribution in [0.3, 0.4) is 0 Å². The maximum Gasteiger partial charge on any atom is 0.0647 e. The lowest BCUT2D eigenvalue weighted by atomic mass is 10.1. The number of nitrogens with zero attached hydrogens (tertiary/aromatic N) is 1. The van der Waals surface area contributed by atoms with E-state index in [1.807, 2.05) is 0 Å². The summed E-state index contributed by atoms with van der Waals surface area (Å²) in [5.74, 6) is 0. The van der Waals surface area contributed by atoms with Gasteiger partial charge < -0.3 is 10.2 Å². The van der Waals surface area contributed by atoms with Crippen LogP contribution in [-0.4, -0.2) is 13.1 Å². The van der Waals surface area contributed by atoms with Crippen LogP contribution < -0.4 is 10.2 Å². The van der Waals surface area contributed by atoms with Crippen LogP contribution in [-0.2, 0) is 0 Å². The minimum absolute atomic E-state index is 0.990. The highest BCUT2D eigenvalue weighted by molar-refractivity contribution is 5.78. The number of anilines is 3. The molecule has 0 aromatic heterocycles. The fraction of sp³-hybridized carbons (Fsp3) is 0.250. The lowest BCUT2D eigenvalue weighted by Crippen LogP contribution is -2.30. The zero-order chi connectivity index (χ0) is 12.5. The van der Waals surface area contributed by atoms with Crippen LogP contribution in [0.15, 0.2) is 42.5 Å². The van der Waals surface area contributed by atoms with Crippen LogP contribution in [0.25, 0.3) is 0 Å². The van der Waals surface area contributed by atoms with Crippen molar-refractivity contribution in [2.45, 2.75) is 13.8 Å². The van der Waals surface area contributed by atoms with Gasteiger partial charge in [-0.1, -0.05) is 18.2 Å². The monoisotopic (exact) mass is 238 g/mol. The van der Waals surface area contributed by atoms with Gasteiger partial charge in [0.1, 0.15) is 0 Å². The molecule has 1 heterocycles. The Morgan fingerprint density at radius 2 is 1.72 bits per heavy atom. The summed E-state index contributed by atoms with van der Waals surface area (Å²) in [5.41, 5.74) is 6.43. The first-order valence-electron chi connectivity index (χ1n) is 6.43. The Labute approximate surface area is 108 Å². The molecule has 2 aromatic carbocycles. The van der Waals surface area contributed by atoms with E-state index in [0.717, 1.165) is 13.1 Å². The second-order valence-corrected chi connectivity index (χ2v) is 4.94. The van der Waals surface area contributed by atoms with E-state index in [-0.39, 0.29) is 0 Å². The molecular formula is C16H18N2. The molecular weight excluding hydrogens is 220 g/mol. The summed E-state index contributed by atoms with van der Waals surface area (Å²) in [6.07, 6.45) is 0. The summed E-state index contributed by atoms with van der Waals surface area (Å²) in [5, 5.41) is 3.45. The Morgan fingerprint density at radius 1 is 1.00 bits per heavy atom. The van der Waals surface area contributed by atoms with E-state index in [1.165, 1.54) is 28.2 Å². The van der Waals surface area contributed by atoms with Crippen molar-refractivity contribution in [2.75, 3.05) is 23.3 Å². The third kappa shape index (κ3) is 1.94. The van der Waals surface area contributed by atoms with E-state index in [2.05, 4.69) is 66.5 Å². The molecule has 0 spiro atoms. The van der Waals surface area contributed by atoms with Crippen molar-refractivity contribution in [1.82, 2.24) is 0 Å². The second kappa shape index (κ2) is 4.37. The molecule has 0 atom stereocenters. The molecule has 0 radical (unpaired) electrons. The van der Waals surface area contributed by atoms with Gasteiger partial charge >= 0.3 is 0 Å². The van der Waals surface area contributed by atoms with E-state index in [9.17, 15) is 0 Å². The fourth-order valence-corrected chi connectivity index (χ4v) is 2.66. The summed E-state index contributed by atoms with van der Waals surface area (Å²) in [6, 6.07) is 15.2. The number of nitrogens with one attached hydrogen (secondary N) is 1. The van der Waals surface area contributed by atoms with Gasteiger partial charge in [-0.3, -0.25) is 0 Å². The minimum Gasteiger partial charge on any atom is -0.382 e. The molecule has 3 rings (SSSR count). The Hall–Kier alpha value is -1.96. The van der Waals surface area contributed by atoms with E-state index >= 15 is 0 Å². The van der Waals surface area contributed by atoms with Gasteiger partial charge in [0.15, 0.2) is 0 Å². The van der Waals surface area contributed by atoms with Crippen molar-refractivity contribution < 1.29 is 0 Å². The van der Waals surface area contributed by atoms with Crippen molar-refractivity contribution in [3.63, 3.8) is 0 Å². The van der Waals surface area contributed by atoms with Crippen LogP contribution in [0.1, 0.15) is 11.1 Å². The molecule has 2 aromatic rings. The first-order chi connectivity index (χ1) is 8.74. The van der Waals surface area contributed by atoms with Crippen molar-refractivity contribution >= 4 is 17.1 Å². The number of fused-ring (bicyclic) bond motifs is 1. The molecule has 0 aliphatic carbocycles. The Kier molecular flexibility index (Phi) is 2.71. The van der Waals surface area contributed by atoms with Gasteiger partial charge in [0.2, 0.25) is 0 Å². The number of aryl methyl sites for hydroxylation is 2. The molecule has 0 unspecified atom stereocenters. The molecule has 0 fully saturated rings. The fourth-order valence-electron chi connectivity index (χ4n) is 2.66. The van der Waals surface area contributed by atoms with E-state index in [0.29, 0.717) is 0 Å². The smallest absolute Gasteiger partial charge is 0.0647 e. The second-order valence-electron chi connectivity index (χ2n) is 4.94. The van der Waals surface area contributed by atoms with Crippen LogP contribution in [0.5, 0.6) is 0 Å². The molecule has 2 nitrogen and oxygen atoms in total. The highest BCUT2D eigenvalue weighted by Gasteiger charge is 2.17. The van der Waals surface area contributed by atoms with E-state index in [1.54, 1.807) is 0 Å². The van der Waals surface area contributed by atoms with Gasteiger partial charge in [-0.25, -0.2) is 0 Å². The highest BCUT2D eigenvalue weighted by Crippen LogP contribution is 2.34. The number of benzene rings is 2. The van der Waals surface area contributed by atoms with Crippen LogP contribution in [0, 0.1) is 13.8 Å². The normalized spacial score (nSPS) is 14.0. The summed E-state index contributed by atoms with van der Waals surface area (Å²) in [7, 11) is 0. The maximum atomic E-state index is 3.45. The predicted octanol–water partition coefficient (Wildman–Crippen LogP) is 3.87. The maximum absolute atomic E-state index is 3.45. The van der Waals surface area contributed by atoms with Crippen LogP contribution in [0.4, 0.5) is 17.1 Å². The van der Waals surface area contributed by atoms with Crippen LogP contribution >= 0.6 is 0 Å². The molecule has 1 aliphatic heterocycles. The summed E-state index contributed by atoms with van der Waals surface area (Å²) in [4.78, 5) is 2.39. The Bertz CT molecular complexity index is 555. The van der Waals surface area contributed by atoms with Gasteiger partial charge in [-0.05, 0) is 49.2 Å². The van der Waals surface area contributed by atoms with Gasteiger partial charge in [0.25, 0.3) is 0 Å². The lowest BCUT2D eigenvalue weighted by Gasteiger charge is -2.32. The van der Waals surface area contributed by atoms with Gasteiger partial charge in [-0.2, -0.15) is 0 Å². The number of rotatable bonds is 1. The molecule has 2 heteroatoms. The average molecular weight is 238 g/mol.